The number of likely N-dealkylation sites (tertiary alicyclic amines) is 1. The van der Waals surface area contributed by atoms with Gasteiger partial charge in [-0.1, -0.05) is 20.3 Å². The summed E-state index contributed by atoms with van der Waals surface area (Å²) < 4.78 is 0. The Morgan fingerprint density at radius 2 is 1.71 bits per heavy atom. The lowest BCUT2D eigenvalue weighted by Gasteiger charge is -2.12. The smallest absolute Gasteiger partial charge is 0.0859 e. The number of nitrogens with two attached hydrogens (primary N) is 1. The quantitative estimate of drug-likeness (QED) is 0.887. The average molecular weight is 299 g/mol. The maximum absolute atomic E-state index is 5.65. The molecule has 1 saturated heterocycles. The molecule has 102 valence electrons. The van der Waals surface area contributed by atoms with Gasteiger partial charge in [0.2, 0.25) is 0 Å². The minimum atomic E-state index is 0. The van der Waals surface area contributed by atoms with E-state index in [2.05, 4.69) is 24.8 Å². The van der Waals surface area contributed by atoms with E-state index in [-0.39, 0.29) is 24.8 Å². The van der Waals surface area contributed by atoms with Gasteiger partial charge < -0.3 is 5.73 Å². The van der Waals surface area contributed by atoms with Crippen molar-refractivity contribution >= 4 is 41.2 Å². The predicted octanol–water partition coefficient (Wildman–Crippen LogP) is 4.19. The second kappa shape index (κ2) is 11.1. The standard InChI is InChI=1S/C9H14N2S.C3H8.2ClH/c10-9-4-3-8(12-9)7-11-5-1-2-6-11;1-3-2;;/h3-4H,1-2,5-7,10H2;3H2,1-2H3;2*1H. The molecule has 1 aliphatic heterocycles. The number of hydrogen-bond donors (Lipinski definition) is 1. The lowest BCUT2D eigenvalue weighted by Crippen LogP contribution is -2.17. The Bertz CT molecular complexity index is 273. The Morgan fingerprint density at radius 1 is 1.18 bits per heavy atom. The summed E-state index contributed by atoms with van der Waals surface area (Å²) in [4.78, 5) is 3.89. The molecule has 2 rings (SSSR count). The molecule has 1 aromatic heterocycles. The first kappa shape index (κ1) is 19.4. The molecule has 5 heteroatoms. The van der Waals surface area contributed by atoms with Crippen molar-refractivity contribution in [2.75, 3.05) is 18.8 Å². The molecular formula is C12H24Cl2N2S. The van der Waals surface area contributed by atoms with Crippen LogP contribution < -0.4 is 5.73 Å². The minimum absolute atomic E-state index is 0. The van der Waals surface area contributed by atoms with E-state index in [1.54, 1.807) is 11.3 Å². The van der Waals surface area contributed by atoms with Crippen LogP contribution in [0.3, 0.4) is 0 Å². The maximum Gasteiger partial charge on any atom is 0.0859 e. The highest BCUT2D eigenvalue weighted by Crippen LogP contribution is 2.21. The van der Waals surface area contributed by atoms with E-state index in [0.29, 0.717) is 0 Å². The van der Waals surface area contributed by atoms with E-state index < -0.39 is 0 Å². The molecular weight excluding hydrogens is 275 g/mol. The predicted molar refractivity (Wildman–Crippen MR) is 83.7 cm³/mol. The van der Waals surface area contributed by atoms with Crippen molar-refractivity contribution in [2.45, 2.75) is 39.7 Å². The number of thiophene rings is 1. The fraction of sp³-hybridized carbons (Fsp3) is 0.667. The molecule has 17 heavy (non-hydrogen) atoms. The van der Waals surface area contributed by atoms with Crippen LogP contribution in [0.2, 0.25) is 0 Å². The van der Waals surface area contributed by atoms with E-state index in [1.165, 1.54) is 37.2 Å². The molecule has 2 heterocycles. The van der Waals surface area contributed by atoms with Crippen LogP contribution >= 0.6 is 36.2 Å². The Kier molecular flexibility index (Phi) is 12.7. The normalized spacial score (nSPS) is 14.2. The van der Waals surface area contributed by atoms with Gasteiger partial charge in [0.25, 0.3) is 0 Å². The molecule has 0 atom stereocenters. The molecule has 0 amide bonds. The molecule has 2 N–H and O–H groups in total. The van der Waals surface area contributed by atoms with Gasteiger partial charge in [0.1, 0.15) is 0 Å². The van der Waals surface area contributed by atoms with Gasteiger partial charge in [-0.05, 0) is 38.1 Å². The van der Waals surface area contributed by atoms with Gasteiger partial charge in [-0.25, -0.2) is 0 Å². The van der Waals surface area contributed by atoms with Gasteiger partial charge in [-0.2, -0.15) is 0 Å². The highest BCUT2D eigenvalue weighted by Gasteiger charge is 2.12. The summed E-state index contributed by atoms with van der Waals surface area (Å²) in [7, 11) is 0. The number of anilines is 1. The molecule has 0 radical (unpaired) electrons. The Labute approximate surface area is 121 Å². The van der Waals surface area contributed by atoms with Crippen LogP contribution in [-0.2, 0) is 6.54 Å². The van der Waals surface area contributed by atoms with Crippen molar-refractivity contribution < 1.29 is 0 Å². The number of nitrogens with zero attached hydrogens (tertiary/aromatic N) is 1. The number of rotatable bonds is 2. The fourth-order valence-electron chi connectivity index (χ4n) is 1.64. The second-order valence-corrected chi connectivity index (χ2v) is 5.19. The third-order valence-corrected chi connectivity index (χ3v) is 3.16. The summed E-state index contributed by atoms with van der Waals surface area (Å²) >= 11 is 1.71. The summed E-state index contributed by atoms with van der Waals surface area (Å²) in [5, 5.41) is 0.934. The number of halogens is 2. The van der Waals surface area contributed by atoms with Crippen LogP contribution in [0.25, 0.3) is 0 Å². The highest BCUT2D eigenvalue weighted by molar-refractivity contribution is 7.15. The number of hydrogen-bond acceptors (Lipinski definition) is 3. The third kappa shape index (κ3) is 7.87. The van der Waals surface area contributed by atoms with E-state index in [9.17, 15) is 0 Å². The summed E-state index contributed by atoms with van der Waals surface area (Å²) in [6.45, 7) is 7.87. The first-order chi connectivity index (χ1) is 7.26. The van der Waals surface area contributed by atoms with Crippen molar-refractivity contribution in [3.8, 4) is 0 Å². The topological polar surface area (TPSA) is 29.3 Å². The van der Waals surface area contributed by atoms with Gasteiger partial charge in [0.15, 0.2) is 0 Å². The Morgan fingerprint density at radius 3 is 2.12 bits per heavy atom. The fourth-order valence-corrected chi connectivity index (χ4v) is 2.46. The van der Waals surface area contributed by atoms with Crippen molar-refractivity contribution in [1.82, 2.24) is 4.90 Å². The van der Waals surface area contributed by atoms with Crippen molar-refractivity contribution in [2.24, 2.45) is 0 Å². The van der Waals surface area contributed by atoms with Gasteiger partial charge >= 0.3 is 0 Å². The van der Waals surface area contributed by atoms with Crippen molar-refractivity contribution in [3.05, 3.63) is 17.0 Å². The van der Waals surface area contributed by atoms with Gasteiger partial charge in [-0.15, -0.1) is 36.2 Å². The zero-order valence-electron chi connectivity index (χ0n) is 10.6. The molecule has 1 aliphatic rings. The maximum atomic E-state index is 5.65. The summed E-state index contributed by atoms with van der Waals surface area (Å²) in [6, 6.07) is 4.13. The molecule has 0 saturated carbocycles. The summed E-state index contributed by atoms with van der Waals surface area (Å²) in [6.07, 6.45) is 3.97. The largest absolute Gasteiger partial charge is 0.391 e. The molecule has 0 bridgehead atoms. The second-order valence-electron chi connectivity index (χ2n) is 3.99. The van der Waals surface area contributed by atoms with Gasteiger partial charge in [-0.3, -0.25) is 4.90 Å². The molecule has 1 aromatic rings. The first-order valence-corrected chi connectivity index (χ1v) is 6.64. The van der Waals surface area contributed by atoms with E-state index >= 15 is 0 Å². The lowest BCUT2D eigenvalue weighted by atomic mass is 10.4. The van der Waals surface area contributed by atoms with Crippen LogP contribution in [0.4, 0.5) is 5.00 Å². The number of nitrogen functional groups attached to an aromatic ring is 1. The lowest BCUT2D eigenvalue weighted by molar-refractivity contribution is 0.334. The van der Waals surface area contributed by atoms with Crippen molar-refractivity contribution in [1.29, 1.82) is 0 Å². The molecule has 0 aromatic carbocycles. The Hall–Kier alpha value is 0.0400. The summed E-state index contributed by atoms with van der Waals surface area (Å²) in [5.41, 5.74) is 5.65. The molecule has 2 nitrogen and oxygen atoms in total. The van der Waals surface area contributed by atoms with Crippen LogP contribution in [0.15, 0.2) is 12.1 Å². The van der Waals surface area contributed by atoms with E-state index in [4.69, 9.17) is 5.73 Å². The van der Waals surface area contributed by atoms with E-state index in [1.807, 2.05) is 6.07 Å². The zero-order chi connectivity index (χ0) is 11.1. The van der Waals surface area contributed by atoms with Gasteiger partial charge in [0, 0.05) is 11.4 Å². The average Bonchev–Trinajstić information content (AvgIpc) is 2.80. The van der Waals surface area contributed by atoms with Gasteiger partial charge in [0.05, 0.1) is 5.00 Å². The minimum Gasteiger partial charge on any atom is -0.391 e. The molecule has 0 unspecified atom stereocenters. The Balaban J connectivity index is 0. The van der Waals surface area contributed by atoms with Crippen molar-refractivity contribution in [3.63, 3.8) is 0 Å². The summed E-state index contributed by atoms with van der Waals surface area (Å²) in [5.74, 6) is 0. The zero-order valence-corrected chi connectivity index (χ0v) is 13.1. The highest BCUT2D eigenvalue weighted by atomic mass is 35.5. The molecule has 1 fully saturated rings. The van der Waals surface area contributed by atoms with Crippen LogP contribution in [0, 0.1) is 0 Å². The first-order valence-electron chi connectivity index (χ1n) is 5.82. The van der Waals surface area contributed by atoms with Crippen LogP contribution in [-0.4, -0.2) is 18.0 Å². The van der Waals surface area contributed by atoms with Crippen LogP contribution in [0.1, 0.15) is 38.0 Å². The molecule has 0 spiro atoms. The van der Waals surface area contributed by atoms with E-state index in [0.717, 1.165) is 11.5 Å². The monoisotopic (exact) mass is 298 g/mol. The van der Waals surface area contributed by atoms with Crippen LogP contribution in [0.5, 0.6) is 0 Å². The molecule has 0 aliphatic carbocycles. The third-order valence-electron chi connectivity index (χ3n) is 2.26. The SMILES string of the molecule is CCC.Cl.Cl.Nc1ccc(CN2CCCC2)s1.